The maximum atomic E-state index is 13.9. The van der Waals surface area contributed by atoms with Crippen molar-refractivity contribution in [2.75, 3.05) is 45.9 Å². The van der Waals surface area contributed by atoms with Gasteiger partial charge in [-0.1, -0.05) is 12.1 Å². The summed E-state index contributed by atoms with van der Waals surface area (Å²) in [4.78, 5) is 6.85. The number of halogens is 1. The fraction of sp³-hybridized carbons (Fsp3) is 0.522. The number of furan rings is 1. The summed E-state index contributed by atoms with van der Waals surface area (Å²) in [5, 5.41) is 17.4. The first-order valence-corrected chi connectivity index (χ1v) is 10.8. The molecule has 0 amide bonds. The lowest BCUT2D eigenvalue weighted by atomic mass is 10.0. The molecule has 0 bridgehead atoms. The molecule has 3 rings (SSSR count). The Morgan fingerprint density at radius 1 is 1.26 bits per heavy atom. The first kappa shape index (κ1) is 23.2. The molecule has 7 nitrogen and oxygen atoms in total. The molecule has 1 fully saturated rings. The van der Waals surface area contributed by atoms with Gasteiger partial charge >= 0.3 is 0 Å². The number of aliphatic imine (C=N–C) groups is 1. The van der Waals surface area contributed by atoms with E-state index in [2.05, 4.69) is 20.5 Å². The molecule has 2 heterocycles. The van der Waals surface area contributed by atoms with Gasteiger partial charge in [0.2, 0.25) is 0 Å². The number of rotatable bonds is 8. The van der Waals surface area contributed by atoms with Gasteiger partial charge in [-0.2, -0.15) is 0 Å². The predicted octanol–water partition coefficient (Wildman–Crippen LogP) is 2.56. The fourth-order valence-corrected chi connectivity index (χ4v) is 3.63. The van der Waals surface area contributed by atoms with Gasteiger partial charge in [0, 0.05) is 26.2 Å². The van der Waals surface area contributed by atoms with Crippen LogP contribution in [0, 0.1) is 12.7 Å². The molecule has 0 saturated carbocycles. The predicted molar refractivity (Wildman–Crippen MR) is 119 cm³/mol. The summed E-state index contributed by atoms with van der Waals surface area (Å²) < 4.78 is 25.0. The first-order valence-electron chi connectivity index (χ1n) is 10.8. The summed E-state index contributed by atoms with van der Waals surface area (Å²) in [6.07, 6.45) is 0. The van der Waals surface area contributed by atoms with Crippen molar-refractivity contribution in [1.82, 2.24) is 15.5 Å². The molecule has 2 atom stereocenters. The zero-order valence-corrected chi connectivity index (χ0v) is 18.5. The molecule has 3 N–H and O–H groups in total. The fourth-order valence-electron chi connectivity index (χ4n) is 3.63. The minimum Gasteiger partial charge on any atom is -0.463 e. The van der Waals surface area contributed by atoms with Gasteiger partial charge in [0.1, 0.15) is 22.9 Å². The zero-order valence-electron chi connectivity index (χ0n) is 18.5. The highest BCUT2D eigenvalue weighted by atomic mass is 19.1. The molecule has 0 spiro atoms. The summed E-state index contributed by atoms with van der Waals surface area (Å²) in [7, 11) is 0. The van der Waals surface area contributed by atoms with E-state index in [9.17, 15) is 9.50 Å². The smallest absolute Gasteiger partial charge is 0.191 e. The van der Waals surface area contributed by atoms with Crippen LogP contribution in [0.5, 0.6) is 0 Å². The van der Waals surface area contributed by atoms with E-state index in [1.165, 1.54) is 6.07 Å². The van der Waals surface area contributed by atoms with Crippen molar-refractivity contribution < 1.29 is 18.7 Å². The van der Waals surface area contributed by atoms with Gasteiger partial charge in [0.25, 0.3) is 0 Å². The topological polar surface area (TPSA) is 82.3 Å². The molecule has 31 heavy (non-hydrogen) atoms. The van der Waals surface area contributed by atoms with Crippen LogP contribution in [-0.4, -0.2) is 61.9 Å². The molecule has 1 aliphatic rings. The van der Waals surface area contributed by atoms with Crippen molar-refractivity contribution in [3.05, 3.63) is 59.3 Å². The largest absolute Gasteiger partial charge is 0.463 e. The van der Waals surface area contributed by atoms with Gasteiger partial charge in [0.05, 0.1) is 25.8 Å². The van der Waals surface area contributed by atoms with Crippen LogP contribution < -0.4 is 10.6 Å². The van der Waals surface area contributed by atoms with Gasteiger partial charge in [-0.15, -0.1) is 0 Å². The van der Waals surface area contributed by atoms with Crippen LogP contribution in [0.4, 0.5) is 4.39 Å². The van der Waals surface area contributed by atoms with Crippen molar-refractivity contribution in [3.8, 4) is 0 Å². The number of nitrogens with zero attached hydrogens (tertiary/aromatic N) is 2. The minimum absolute atomic E-state index is 0.0308. The minimum atomic E-state index is -1.22. The quantitative estimate of drug-likeness (QED) is 0.439. The average Bonchev–Trinajstić information content (AvgIpc) is 3.20. The molecule has 0 radical (unpaired) electrons. The summed E-state index contributed by atoms with van der Waals surface area (Å²) in [6, 6.07) is 10.3. The SMILES string of the molecule is CCNC(=NCC(C)(O)c1ccc(C)o1)NCC(c1cccc(F)c1)N1CCOCC1. The van der Waals surface area contributed by atoms with E-state index >= 15 is 0 Å². The number of benzene rings is 1. The van der Waals surface area contributed by atoms with Crippen molar-refractivity contribution in [1.29, 1.82) is 0 Å². The van der Waals surface area contributed by atoms with E-state index in [0.717, 1.165) is 24.4 Å². The van der Waals surface area contributed by atoms with E-state index in [0.29, 0.717) is 38.0 Å². The number of guanidine groups is 1. The molecular weight excluding hydrogens is 399 g/mol. The summed E-state index contributed by atoms with van der Waals surface area (Å²) >= 11 is 0. The van der Waals surface area contributed by atoms with Gasteiger partial charge in [-0.25, -0.2) is 9.38 Å². The van der Waals surface area contributed by atoms with Crippen molar-refractivity contribution in [2.45, 2.75) is 32.4 Å². The van der Waals surface area contributed by atoms with Crippen molar-refractivity contribution in [2.24, 2.45) is 4.99 Å². The molecule has 1 aromatic carbocycles. The summed E-state index contributed by atoms with van der Waals surface area (Å²) in [5.41, 5.74) is -0.314. The summed E-state index contributed by atoms with van der Waals surface area (Å²) in [5.74, 6) is 1.56. The van der Waals surface area contributed by atoms with E-state index in [4.69, 9.17) is 9.15 Å². The average molecular weight is 433 g/mol. The second kappa shape index (κ2) is 10.7. The monoisotopic (exact) mass is 432 g/mol. The number of hydrogen-bond acceptors (Lipinski definition) is 5. The van der Waals surface area contributed by atoms with Gasteiger partial charge < -0.3 is 24.9 Å². The Hall–Kier alpha value is -2.42. The molecule has 0 aliphatic carbocycles. The third kappa shape index (κ3) is 6.53. The van der Waals surface area contributed by atoms with E-state index in [1.807, 2.05) is 26.0 Å². The number of nitrogens with one attached hydrogen (secondary N) is 2. The number of ether oxygens (including phenoxy) is 1. The third-order valence-electron chi connectivity index (χ3n) is 5.34. The molecular formula is C23H33FN4O3. The Balaban J connectivity index is 1.72. The lowest BCUT2D eigenvalue weighted by Gasteiger charge is -2.35. The number of aryl methyl sites for hydroxylation is 1. The van der Waals surface area contributed by atoms with E-state index in [-0.39, 0.29) is 18.4 Å². The van der Waals surface area contributed by atoms with E-state index in [1.54, 1.807) is 25.1 Å². The van der Waals surface area contributed by atoms with Crippen LogP contribution in [0.2, 0.25) is 0 Å². The number of aliphatic hydroxyl groups is 1. The van der Waals surface area contributed by atoms with Gasteiger partial charge in [-0.3, -0.25) is 4.90 Å². The highest BCUT2D eigenvalue weighted by molar-refractivity contribution is 5.79. The van der Waals surface area contributed by atoms with Crippen LogP contribution in [0.1, 0.15) is 37.0 Å². The van der Waals surface area contributed by atoms with Crippen LogP contribution in [0.25, 0.3) is 0 Å². The number of hydrogen-bond donors (Lipinski definition) is 3. The highest BCUT2D eigenvalue weighted by Crippen LogP contribution is 2.24. The first-order chi connectivity index (χ1) is 14.9. The van der Waals surface area contributed by atoms with Crippen LogP contribution in [0.15, 0.2) is 45.8 Å². The molecule has 1 aromatic heterocycles. The maximum Gasteiger partial charge on any atom is 0.191 e. The second-order valence-electron chi connectivity index (χ2n) is 7.98. The third-order valence-corrected chi connectivity index (χ3v) is 5.34. The molecule has 170 valence electrons. The Morgan fingerprint density at radius 3 is 2.68 bits per heavy atom. The maximum absolute atomic E-state index is 13.9. The Bertz CT molecular complexity index is 862. The van der Waals surface area contributed by atoms with Crippen molar-refractivity contribution in [3.63, 3.8) is 0 Å². The zero-order chi connectivity index (χ0) is 22.3. The lowest BCUT2D eigenvalue weighted by molar-refractivity contribution is 0.0169. The van der Waals surface area contributed by atoms with Gasteiger partial charge in [-0.05, 0) is 50.6 Å². The molecule has 1 saturated heterocycles. The lowest BCUT2D eigenvalue weighted by Crippen LogP contribution is -2.46. The highest BCUT2D eigenvalue weighted by Gasteiger charge is 2.27. The standard InChI is InChI=1S/C23H33FN4O3/c1-4-25-22(27-16-23(3,29)21-9-8-17(2)31-21)26-15-20(28-10-12-30-13-11-28)18-6-5-7-19(24)14-18/h5-9,14,20,29H,4,10-13,15-16H2,1-3H3,(H2,25,26,27). The molecule has 2 aromatic rings. The molecule has 2 unspecified atom stereocenters. The van der Waals surface area contributed by atoms with Crippen LogP contribution >= 0.6 is 0 Å². The van der Waals surface area contributed by atoms with Crippen LogP contribution in [-0.2, 0) is 10.3 Å². The van der Waals surface area contributed by atoms with Gasteiger partial charge in [0.15, 0.2) is 5.96 Å². The second-order valence-corrected chi connectivity index (χ2v) is 7.98. The normalized spacial score (nSPS) is 18.4. The molecule has 8 heteroatoms. The summed E-state index contributed by atoms with van der Waals surface area (Å²) in [6.45, 7) is 9.74. The Morgan fingerprint density at radius 2 is 2.03 bits per heavy atom. The van der Waals surface area contributed by atoms with E-state index < -0.39 is 5.60 Å². The van der Waals surface area contributed by atoms with Crippen LogP contribution in [0.3, 0.4) is 0 Å². The Kier molecular flexibility index (Phi) is 8.06. The Labute approximate surface area is 183 Å². The number of morpholine rings is 1. The van der Waals surface area contributed by atoms with Crippen molar-refractivity contribution >= 4 is 5.96 Å². The molecule has 1 aliphatic heterocycles.